The first-order valence-electron chi connectivity index (χ1n) is 6.34. The van der Waals surface area contributed by atoms with Gasteiger partial charge in [-0.15, -0.1) is 0 Å². The van der Waals surface area contributed by atoms with Crippen molar-refractivity contribution >= 4 is 5.97 Å². The van der Waals surface area contributed by atoms with Crippen molar-refractivity contribution in [2.45, 2.75) is 71.0 Å². The molecule has 0 radical (unpaired) electrons. The minimum absolute atomic E-state index is 0.425. The second kappa shape index (κ2) is 5.36. The zero-order valence-corrected chi connectivity index (χ0v) is 11.2. The normalized spacial score (nSPS) is 19.3. The smallest absolute Gasteiger partial charge is 0.137 e. The second-order valence-corrected chi connectivity index (χ2v) is 5.90. The summed E-state index contributed by atoms with van der Waals surface area (Å²) >= 11 is 0. The lowest BCUT2D eigenvalue weighted by atomic mass is 9.79. The molecule has 0 saturated heterocycles. The molecule has 1 fully saturated rings. The summed E-state index contributed by atoms with van der Waals surface area (Å²) in [6.45, 7) is 6.77. The Morgan fingerprint density at radius 2 is 1.59 bits per heavy atom. The van der Waals surface area contributed by atoms with Crippen molar-refractivity contribution in [2.24, 2.45) is 5.92 Å². The fraction of sp³-hybridized carbons (Fsp3) is 0.923. The van der Waals surface area contributed by atoms with Crippen molar-refractivity contribution in [3.63, 3.8) is 0 Å². The van der Waals surface area contributed by atoms with Crippen LogP contribution in [0.15, 0.2) is 0 Å². The standard InChI is InChI=1S/C13H24O4/c1-12(2,10-8-6-5-7-9-10)16-17-13(3,4)11(14)15/h10H,5-9H2,1-4H3,(H,14,15)/p-1. The van der Waals surface area contributed by atoms with Crippen molar-refractivity contribution in [3.8, 4) is 0 Å². The maximum Gasteiger partial charge on any atom is 0.137 e. The highest BCUT2D eigenvalue weighted by Crippen LogP contribution is 2.35. The van der Waals surface area contributed by atoms with Crippen LogP contribution in [0.2, 0.25) is 0 Å². The molecule has 0 aromatic heterocycles. The zero-order chi connectivity index (χ0) is 13.1. The first-order valence-corrected chi connectivity index (χ1v) is 6.34. The summed E-state index contributed by atoms with van der Waals surface area (Å²) in [5, 5.41) is 10.8. The van der Waals surface area contributed by atoms with Crippen LogP contribution in [0.5, 0.6) is 0 Å². The predicted molar refractivity (Wildman–Crippen MR) is 61.9 cm³/mol. The minimum atomic E-state index is -1.41. The number of carboxylic acids is 1. The molecule has 4 heteroatoms. The lowest BCUT2D eigenvalue weighted by molar-refractivity contribution is -0.423. The number of carbonyl (C=O) groups is 1. The zero-order valence-electron chi connectivity index (χ0n) is 11.2. The van der Waals surface area contributed by atoms with Gasteiger partial charge in [0.25, 0.3) is 0 Å². The molecule has 100 valence electrons. The Balaban J connectivity index is 2.51. The number of carbonyl (C=O) groups excluding carboxylic acids is 1. The Morgan fingerprint density at radius 1 is 1.06 bits per heavy atom. The Morgan fingerprint density at radius 3 is 2.06 bits per heavy atom. The molecular formula is C13H23O4-. The Kier molecular flexibility index (Phi) is 4.55. The van der Waals surface area contributed by atoms with Crippen LogP contribution in [0, 0.1) is 5.92 Å². The highest BCUT2D eigenvalue weighted by Gasteiger charge is 2.35. The average Bonchev–Trinajstić information content (AvgIpc) is 2.28. The molecule has 4 nitrogen and oxygen atoms in total. The van der Waals surface area contributed by atoms with Gasteiger partial charge in [-0.05, 0) is 46.5 Å². The van der Waals surface area contributed by atoms with Crippen LogP contribution in [-0.2, 0) is 14.6 Å². The van der Waals surface area contributed by atoms with E-state index in [4.69, 9.17) is 9.78 Å². The first-order chi connectivity index (χ1) is 7.76. The molecule has 0 atom stereocenters. The van der Waals surface area contributed by atoms with Gasteiger partial charge in [0, 0.05) is 0 Å². The fourth-order valence-corrected chi connectivity index (χ4v) is 2.11. The van der Waals surface area contributed by atoms with Crippen molar-refractivity contribution in [2.75, 3.05) is 0 Å². The van der Waals surface area contributed by atoms with E-state index in [0.717, 1.165) is 12.8 Å². The molecule has 0 heterocycles. The molecular weight excluding hydrogens is 220 g/mol. The summed E-state index contributed by atoms with van der Waals surface area (Å²) in [6, 6.07) is 0. The Hall–Kier alpha value is -0.610. The van der Waals surface area contributed by atoms with Crippen molar-refractivity contribution in [1.82, 2.24) is 0 Å². The van der Waals surface area contributed by atoms with Crippen LogP contribution in [0.4, 0.5) is 0 Å². The molecule has 0 aliphatic heterocycles. The van der Waals surface area contributed by atoms with Gasteiger partial charge in [0.1, 0.15) is 11.2 Å². The van der Waals surface area contributed by atoms with Gasteiger partial charge in [-0.25, -0.2) is 9.78 Å². The van der Waals surface area contributed by atoms with E-state index in [1.807, 2.05) is 13.8 Å². The number of carboxylic acid groups (broad SMARTS) is 1. The summed E-state index contributed by atoms with van der Waals surface area (Å²) in [7, 11) is 0. The quantitative estimate of drug-likeness (QED) is 0.546. The van der Waals surface area contributed by atoms with E-state index in [2.05, 4.69) is 0 Å². The number of hydrogen-bond acceptors (Lipinski definition) is 4. The number of rotatable bonds is 5. The lowest BCUT2D eigenvalue weighted by Gasteiger charge is -2.38. The van der Waals surface area contributed by atoms with Crippen molar-refractivity contribution in [1.29, 1.82) is 0 Å². The number of hydrogen-bond donors (Lipinski definition) is 0. The van der Waals surface area contributed by atoms with Crippen LogP contribution in [0.1, 0.15) is 59.8 Å². The second-order valence-electron chi connectivity index (χ2n) is 5.90. The van der Waals surface area contributed by atoms with Crippen LogP contribution in [-0.4, -0.2) is 17.2 Å². The summed E-state index contributed by atoms with van der Waals surface area (Å²) in [4.78, 5) is 21.2. The molecule has 0 bridgehead atoms. The van der Waals surface area contributed by atoms with E-state index in [9.17, 15) is 9.90 Å². The van der Waals surface area contributed by atoms with Crippen LogP contribution < -0.4 is 5.11 Å². The van der Waals surface area contributed by atoms with E-state index in [-0.39, 0.29) is 0 Å². The van der Waals surface area contributed by atoms with Crippen LogP contribution >= 0.6 is 0 Å². The highest BCUT2D eigenvalue weighted by molar-refractivity contribution is 5.73. The third-order valence-corrected chi connectivity index (χ3v) is 3.54. The topological polar surface area (TPSA) is 58.6 Å². The molecule has 0 aromatic carbocycles. The Labute approximate surface area is 103 Å². The van der Waals surface area contributed by atoms with E-state index >= 15 is 0 Å². The minimum Gasteiger partial charge on any atom is -0.547 e. The van der Waals surface area contributed by atoms with Gasteiger partial charge < -0.3 is 9.90 Å². The monoisotopic (exact) mass is 243 g/mol. The van der Waals surface area contributed by atoms with Gasteiger partial charge in [-0.3, -0.25) is 0 Å². The maximum atomic E-state index is 10.8. The maximum absolute atomic E-state index is 10.8. The summed E-state index contributed by atoms with van der Waals surface area (Å²) in [5.41, 5.74) is -1.86. The molecule has 0 spiro atoms. The highest BCUT2D eigenvalue weighted by atomic mass is 17.2. The molecule has 0 aromatic rings. The van der Waals surface area contributed by atoms with Gasteiger partial charge in [0.2, 0.25) is 0 Å². The van der Waals surface area contributed by atoms with E-state index in [1.165, 1.54) is 33.1 Å². The molecule has 0 unspecified atom stereocenters. The van der Waals surface area contributed by atoms with Gasteiger partial charge >= 0.3 is 0 Å². The van der Waals surface area contributed by atoms with E-state index < -0.39 is 17.2 Å². The summed E-state index contributed by atoms with van der Waals surface area (Å²) < 4.78 is 0. The lowest BCUT2D eigenvalue weighted by Crippen LogP contribution is -2.48. The molecule has 0 amide bonds. The third-order valence-electron chi connectivity index (χ3n) is 3.54. The van der Waals surface area contributed by atoms with E-state index in [1.54, 1.807) is 0 Å². The largest absolute Gasteiger partial charge is 0.547 e. The number of aliphatic carboxylic acids is 1. The molecule has 1 rings (SSSR count). The SMILES string of the molecule is CC(C)(OOC(C)(C)C1CCCCC1)C(=O)[O-]. The van der Waals surface area contributed by atoms with Crippen molar-refractivity contribution < 1.29 is 19.7 Å². The van der Waals surface area contributed by atoms with Crippen LogP contribution in [0.25, 0.3) is 0 Å². The molecule has 17 heavy (non-hydrogen) atoms. The Bertz CT molecular complexity index is 265. The molecule has 0 N–H and O–H groups in total. The average molecular weight is 243 g/mol. The van der Waals surface area contributed by atoms with Gasteiger partial charge in [0.15, 0.2) is 0 Å². The van der Waals surface area contributed by atoms with Gasteiger partial charge in [0.05, 0.1) is 5.97 Å². The molecule has 1 saturated carbocycles. The van der Waals surface area contributed by atoms with Crippen LogP contribution in [0.3, 0.4) is 0 Å². The van der Waals surface area contributed by atoms with Gasteiger partial charge in [-0.2, -0.15) is 0 Å². The molecule has 1 aliphatic carbocycles. The fourth-order valence-electron chi connectivity index (χ4n) is 2.11. The van der Waals surface area contributed by atoms with Gasteiger partial charge in [-0.1, -0.05) is 19.3 Å². The van der Waals surface area contributed by atoms with E-state index in [0.29, 0.717) is 5.92 Å². The summed E-state index contributed by atoms with van der Waals surface area (Å²) in [6.07, 6.45) is 5.92. The third kappa shape index (κ3) is 3.96. The van der Waals surface area contributed by atoms with Crippen molar-refractivity contribution in [3.05, 3.63) is 0 Å². The molecule has 1 aliphatic rings. The predicted octanol–water partition coefficient (Wildman–Crippen LogP) is 1.82. The summed E-state index contributed by atoms with van der Waals surface area (Å²) in [5.74, 6) is -0.842. The first kappa shape index (κ1) is 14.5.